The van der Waals surface area contributed by atoms with Crippen LogP contribution in [0.15, 0.2) is 54.6 Å². The van der Waals surface area contributed by atoms with Gasteiger partial charge in [-0.2, -0.15) is 35.7 Å². The van der Waals surface area contributed by atoms with E-state index in [2.05, 4.69) is 22.0 Å². The van der Waals surface area contributed by atoms with Gasteiger partial charge in [0, 0.05) is 48.9 Å². The van der Waals surface area contributed by atoms with E-state index in [-0.39, 0.29) is 35.9 Å². The van der Waals surface area contributed by atoms with E-state index in [1.807, 2.05) is 0 Å². The first-order valence-electron chi connectivity index (χ1n) is 15.6. The molecule has 50 heavy (non-hydrogen) atoms. The van der Waals surface area contributed by atoms with Gasteiger partial charge in [-0.3, -0.25) is 10.2 Å². The molecule has 264 valence electrons. The molecule has 2 aliphatic rings. The summed E-state index contributed by atoms with van der Waals surface area (Å²) in [5.74, 6) is 5.31. The summed E-state index contributed by atoms with van der Waals surface area (Å²) in [6, 6.07) is 12.7. The minimum Gasteiger partial charge on any atom is -0.392 e. The molecular formula is C33H31Cl2F3N6O4S2. The van der Waals surface area contributed by atoms with Crippen molar-refractivity contribution in [1.82, 2.24) is 29.2 Å². The van der Waals surface area contributed by atoms with E-state index >= 15 is 0 Å². The largest absolute Gasteiger partial charge is 0.416 e. The molecule has 6 rings (SSSR count). The molecule has 0 bridgehead atoms. The average Bonchev–Trinajstić information content (AvgIpc) is 3.82. The Morgan fingerprint density at radius 1 is 1.02 bits per heavy atom. The van der Waals surface area contributed by atoms with E-state index in [9.17, 15) is 31.5 Å². The summed E-state index contributed by atoms with van der Waals surface area (Å²) >= 11 is 14.1. The number of nitrogens with one attached hydrogen (secondary N) is 2. The summed E-state index contributed by atoms with van der Waals surface area (Å²) in [6.45, 7) is 1.04. The Kier molecular flexibility index (Phi) is 10.9. The fourth-order valence-corrected chi connectivity index (χ4v) is 8.30. The molecule has 0 aliphatic carbocycles. The van der Waals surface area contributed by atoms with E-state index in [1.165, 1.54) is 34.2 Å². The van der Waals surface area contributed by atoms with Crippen molar-refractivity contribution in [1.29, 1.82) is 0 Å². The summed E-state index contributed by atoms with van der Waals surface area (Å²) in [4.78, 5) is 15.0. The number of hydrogen-bond acceptors (Lipinski definition) is 7. The number of alkyl halides is 3. The zero-order valence-electron chi connectivity index (χ0n) is 26.3. The number of benzene rings is 2. The van der Waals surface area contributed by atoms with Gasteiger partial charge < -0.3 is 5.11 Å². The SMILES string of the molecule is O=C(NN1CCCCC1)c1nn(-c2ccc(Cl)cc2Cl)c(-c2ccc(C#Cc3ccc(C(F)(F)F)cc3)s2)c1CNS(=O)(=O)N1CC[C@@H](O)C1. The van der Waals surface area contributed by atoms with Gasteiger partial charge in [-0.1, -0.05) is 41.5 Å². The molecule has 10 nitrogen and oxygen atoms in total. The Morgan fingerprint density at radius 3 is 2.42 bits per heavy atom. The van der Waals surface area contributed by atoms with Crippen molar-refractivity contribution in [3.05, 3.63) is 91.9 Å². The smallest absolute Gasteiger partial charge is 0.392 e. The van der Waals surface area contributed by atoms with Gasteiger partial charge in [0.15, 0.2) is 5.69 Å². The van der Waals surface area contributed by atoms with Crippen LogP contribution in [-0.4, -0.2) is 70.8 Å². The summed E-state index contributed by atoms with van der Waals surface area (Å²) in [5.41, 5.74) is 3.49. The summed E-state index contributed by atoms with van der Waals surface area (Å²) in [6.07, 6.45) is -2.10. The van der Waals surface area contributed by atoms with Gasteiger partial charge in [0.2, 0.25) is 0 Å². The number of β-amino-alcohol motifs (C(OH)–C–C–N with tert-alkyl or cyclic N) is 1. The van der Waals surface area contributed by atoms with Crippen molar-refractivity contribution in [3.63, 3.8) is 0 Å². The van der Waals surface area contributed by atoms with Crippen molar-refractivity contribution in [2.75, 3.05) is 26.2 Å². The quantitative estimate of drug-likeness (QED) is 0.194. The van der Waals surface area contributed by atoms with Crippen LogP contribution in [0.25, 0.3) is 16.3 Å². The molecule has 2 aromatic carbocycles. The maximum absolute atomic E-state index is 13.9. The van der Waals surface area contributed by atoms with Gasteiger partial charge in [0.25, 0.3) is 16.1 Å². The van der Waals surface area contributed by atoms with Gasteiger partial charge >= 0.3 is 6.18 Å². The molecule has 0 spiro atoms. The number of hydrogen-bond donors (Lipinski definition) is 3. The second-order valence-electron chi connectivity index (χ2n) is 11.8. The number of hydrazine groups is 1. The Morgan fingerprint density at radius 2 is 1.76 bits per heavy atom. The molecule has 1 amide bonds. The number of carbonyl (C=O) groups is 1. The van der Waals surface area contributed by atoms with Crippen molar-refractivity contribution in [2.24, 2.45) is 0 Å². The van der Waals surface area contributed by atoms with E-state index in [1.54, 1.807) is 29.3 Å². The number of nitrogens with zero attached hydrogens (tertiary/aromatic N) is 4. The molecule has 4 heterocycles. The predicted octanol–water partition coefficient (Wildman–Crippen LogP) is 5.86. The minimum atomic E-state index is -4.46. The van der Waals surface area contributed by atoms with Crippen LogP contribution in [0.4, 0.5) is 13.2 Å². The number of aliphatic hydroxyl groups is 1. The highest BCUT2D eigenvalue weighted by molar-refractivity contribution is 7.87. The van der Waals surface area contributed by atoms with Crippen LogP contribution < -0.4 is 10.1 Å². The third kappa shape index (κ3) is 8.35. The molecule has 17 heteroatoms. The van der Waals surface area contributed by atoms with Crippen molar-refractivity contribution in [3.8, 4) is 28.1 Å². The third-order valence-corrected chi connectivity index (χ3v) is 11.3. The highest BCUT2D eigenvalue weighted by Gasteiger charge is 2.33. The molecular weight excluding hydrogens is 736 g/mol. The van der Waals surface area contributed by atoms with E-state index in [0.29, 0.717) is 51.2 Å². The Hall–Kier alpha value is -3.46. The first-order valence-corrected chi connectivity index (χ1v) is 18.7. The number of aliphatic hydroxyl groups excluding tert-OH is 1. The third-order valence-electron chi connectivity index (χ3n) is 8.23. The van der Waals surface area contributed by atoms with Crippen LogP contribution in [0.1, 0.15) is 57.7 Å². The molecule has 0 radical (unpaired) electrons. The van der Waals surface area contributed by atoms with E-state index in [0.717, 1.165) is 35.7 Å². The fraction of sp³-hybridized carbons (Fsp3) is 0.333. The molecule has 2 fully saturated rings. The van der Waals surface area contributed by atoms with Gasteiger partial charge in [0.05, 0.1) is 37.8 Å². The zero-order valence-corrected chi connectivity index (χ0v) is 29.4. The molecule has 2 saturated heterocycles. The minimum absolute atomic E-state index is 0.0356. The molecule has 1 atom stereocenters. The standard InChI is InChI=1S/C33H31Cl2F3N6O4S2/c34-23-9-12-28(27(35)18-23)44-31(29-13-11-25(49-29)10-6-21-4-7-22(8-5-21)33(36,37)38)26(19-39-50(47,48)43-17-14-24(45)20-43)30(40-44)32(46)41-42-15-2-1-3-16-42/h4-5,7-9,11-13,18,24,39,45H,1-3,14-17,19-20H2,(H,41,46)/t24-/m1/s1. The summed E-state index contributed by atoms with van der Waals surface area (Å²) < 4.78 is 70.9. The van der Waals surface area contributed by atoms with Crippen molar-refractivity contribution >= 4 is 50.7 Å². The molecule has 3 N–H and O–H groups in total. The number of amides is 1. The predicted molar refractivity (Wildman–Crippen MR) is 185 cm³/mol. The highest BCUT2D eigenvalue weighted by Crippen LogP contribution is 2.37. The number of halogens is 5. The maximum atomic E-state index is 13.9. The number of aromatic nitrogens is 2. The second kappa shape index (κ2) is 15.0. The van der Waals surface area contributed by atoms with Crippen LogP contribution >= 0.6 is 34.5 Å². The summed E-state index contributed by atoms with van der Waals surface area (Å²) in [5, 5.41) is 17.1. The molecule has 2 aliphatic heterocycles. The molecule has 2 aromatic heterocycles. The topological polar surface area (TPSA) is 120 Å². The van der Waals surface area contributed by atoms with Crippen molar-refractivity contribution < 1.29 is 31.5 Å². The van der Waals surface area contributed by atoms with Gasteiger partial charge in [-0.25, -0.2) is 9.69 Å². The lowest BCUT2D eigenvalue weighted by molar-refractivity contribution is -0.137. The van der Waals surface area contributed by atoms with Crippen LogP contribution in [0.2, 0.25) is 10.0 Å². The molecule has 0 saturated carbocycles. The van der Waals surface area contributed by atoms with Crippen LogP contribution in [0, 0.1) is 11.8 Å². The van der Waals surface area contributed by atoms with E-state index in [4.69, 9.17) is 28.3 Å². The van der Waals surface area contributed by atoms with Crippen LogP contribution in [-0.2, 0) is 22.9 Å². The van der Waals surface area contributed by atoms with E-state index < -0.39 is 34.0 Å². The Balaban J connectivity index is 1.43. The number of thiophene rings is 1. The van der Waals surface area contributed by atoms with Crippen LogP contribution in [0.3, 0.4) is 0 Å². The number of piperidine rings is 1. The lowest BCUT2D eigenvalue weighted by Gasteiger charge is -2.26. The first kappa shape index (κ1) is 36.3. The summed E-state index contributed by atoms with van der Waals surface area (Å²) in [7, 11) is -4.06. The average molecular weight is 768 g/mol. The number of rotatable bonds is 8. The molecule has 4 aromatic rings. The monoisotopic (exact) mass is 766 g/mol. The zero-order chi connectivity index (χ0) is 35.6. The van der Waals surface area contributed by atoms with Gasteiger partial charge in [-0.05, 0) is 73.9 Å². The maximum Gasteiger partial charge on any atom is 0.416 e. The first-order chi connectivity index (χ1) is 23.8. The fourth-order valence-electron chi connectivity index (χ4n) is 5.68. The van der Waals surface area contributed by atoms with Crippen molar-refractivity contribution in [2.45, 2.75) is 44.5 Å². The lowest BCUT2D eigenvalue weighted by atomic mass is 10.1. The Bertz CT molecular complexity index is 2050. The highest BCUT2D eigenvalue weighted by atomic mass is 35.5. The molecule has 0 unspecified atom stereocenters. The second-order valence-corrected chi connectivity index (χ2v) is 15.5. The van der Waals surface area contributed by atoms with Crippen LogP contribution in [0.5, 0.6) is 0 Å². The normalized spacial score (nSPS) is 17.4. The lowest BCUT2D eigenvalue weighted by Crippen LogP contribution is -2.45. The Labute approximate surface area is 300 Å². The van der Waals surface area contributed by atoms with Gasteiger partial charge in [0.1, 0.15) is 0 Å². The number of carbonyl (C=O) groups excluding carboxylic acids is 1. The van der Waals surface area contributed by atoms with Gasteiger partial charge in [-0.15, -0.1) is 11.3 Å².